The molecule has 0 saturated carbocycles. The molecule has 4 heteroatoms. The van der Waals surface area contributed by atoms with E-state index in [4.69, 9.17) is 4.74 Å². The molecule has 73 valence electrons. The molecule has 1 aliphatic heterocycles. The van der Waals surface area contributed by atoms with Gasteiger partial charge >= 0.3 is 99.1 Å². The topological polar surface area (TPSA) is 26.3 Å². The van der Waals surface area contributed by atoms with Gasteiger partial charge in [0.2, 0.25) is 0 Å². The van der Waals surface area contributed by atoms with Crippen molar-refractivity contribution in [3.8, 4) is 0 Å². The molecule has 1 aromatic rings. The molecule has 1 saturated heterocycles. The Morgan fingerprint density at radius 1 is 1.36 bits per heavy atom. The van der Waals surface area contributed by atoms with Gasteiger partial charge in [-0.2, -0.15) is 0 Å². The summed E-state index contributed by atoms with van der Waals surface area (Å²) in [4.78, 5) is 11.2. The molecule has 2 nitrogen and oxygen atoms in total. The van der Waals surface area contributed by atoms with Crippen molar-refractivity contribution in [2.24, 2.45) is 0 Å². The third-order valence-corrected chi connectivity index (χ3v) is 3.56. The van der Waals surface area contributed by atoms with Gasteiger partial charge in [-0.1, -0.05) is 0 Å². The summed E-state index contributed by atoms with van der Waals surface area (Å²) in [5, 5.41) is 0. The monoisotopic (exact) mass is 319 g/mol. The number of esters is 1. The van der Waals surface area contributed by atoms with E-state index < -0.39 is 0 Å². The number of ether oxygens (including phenoxy) is 1. The number of hydrogen-bond donors (Lipinski definition) is 0. The van der Waals surface area contributed by atoms with E-state index in [9.17, 15) is 4.79 Å². The summed E-state index contributed by atoms with van der Waals surface area (Å²) in [6.07, 6.45) is 0.358. The minimum absolute atomic E-state index is 0.115. The van der Waals surface area contributed by atoms with Gasteiger partial charge in [-0.3, -0.25) is 0 Å². The SMILES string of the molecule is O=C1CC([Se])C(c2ccc(Br)cc2)O1. The Labute approximate surface area is 99.0 Å². The first-order valence-electron chi connectivity index (χ1n) is 4.27. The average Bonchev–Trinajstić information content (AvgIpc) is 2.47. The number of rotatable bonds is 1. The van der Waals surface area contributed by atoms with Gasteiger partial charge in [0, 0.05) is 0 Å². The first-order chi connectivity index (χ1) is 6.66. The van der Waals surface area contributed by atoms with E-state index in [0.717, 1.165) is 10.0 Å². The molecule has 0 aliphatic carbocycles. The fourth-order valence-corrected chi connectivity index (χ4v) is 2.47. The summed E-state index contributed by atoms with van der Waals surface area (Å²) >= 11 is 6.34. The molecule has 1 heterocycles. The van der Waals surface area contributed by atoms with Crippen molar-refractivity contribution in [2.75, 3.05) is 0 Å². The number of hydrogen-bond acceptors (Lipinski definition) is 2. The van der Waals surface area contributed by atoms with Gasteiger partial charge in [-0.05, 0) is 0 Å². The van der Waals surface area contributed by atoms with E-state index in [0.29, 0.717) is 6.42 Å². The summed E-state index contributed by atoms with van der Waals surface area (Å²) in [7, 11) is 0. The van der Waals surface area contributed by atoms with Gasteiger partial charge in [0.05, 0.1) is 0 Å². The third kappa shape index (κ3) is 2.02. The van der Waals surface area contributed by atoms with Gasteiger partial charge in [0.1, 0.15) is 0 Å². The molecular formula is C10H8BrO2Se. The van der Waals surface area contributed by atoms with E-state index in [1.165, 1.54) is 0 Å². The molecule has 14 heavy (non-hydrogen) atoms. The first-order valence-corrected chi connectivity index (χ1v) is 6.06. The summed E-state index contributed by atoms with van der Waals surface area (Å²) in [6, 6.07) is 7.85. The van der Waals surface area contributed by atoms with Crippen LogP contribution < -0.4 is 0 Å². The number of carbonyl (C=O) groups excluding carboxylic acids is 1. The number of benzene rings is 1. The van der Waals surface area contributed by atoms with Crippen molar-refractivity contribution in [2.45, 2.75) is 17.3 Å². The van der Waals surface area contributed by atoms with Gasteiger partial charge in [-0.25, -0.2) is 0 Å². The van der Waals surface area contributed by atoms with Crippen LogP contribution in [0.15, 0.2) is 28.7 Å². The van der Waals surface area contributed by atoms with Crippen molar-refractivity contribution in [3.63, 3.8) is 0 Å². The zero-order valence-electron chi connectivity index (χ0n) is 7.27. The quantitative estimate of drug-likeness (QED) is 0.587. The molecule has 2 unspecified atom stereocenters. The molecule has 0 spiro atoms. The van der Waals surface area contributed by atoms with Crippen LogP contribution in [0.4, 0.5) is 0 Å². The van der Waals surface area contributed by atoms with Crippen LogP contribution in [0.3, 0.4) is 0 Å². The third-order valence-electron chi connectivity index (χ3n) is 2.16. The van der Waals surface area contributed by atoms with Crippen LogP contribution in [0.2, 0.25) is 4.82 Å². The fourth-order valence-electron chi connectivity index (χ4n) is 1.47. The summed E-state index contributed by atoms with van der Waals surface area (Å²) in [5.74, 6) is -0.123. The Morgan fingerprint density at radius 3 is 2.50 bits per heavy atom. The van der Waals surface area contributed by atoms with Crippen LogP contribution in [0.5, 0.6) is 0 Å². The van der Waals surface area contributed by atoms with Crippen molar-refractivity contribution in [3.05, 3.63) is 34.3 Å². The van der Waals surface area contributed by atoms with Crippen molar-refractivity contribution in [1.29, 1.82) is 0 Å². The van der Waals surface area contributed by atoms with Gasteiger partial charge in [0.25, 0.3) is 0 Å². The van der Waals surface area contributed by atoms with Gasteiger partial charge in [0.15, 0.2) is 0 Å². The van der Waals surface area contributed by atoms with Gasteiger partial charge < -0.3 is 0 Å². The minimum atomic E-state index is -0.123. The molecule has 1 aromatic carbocycles. The van der Waals surface area contributed by atoms with E-state index in [1.807, 2.05) is 24.3 Å². The van der Waals surface area contributed by atoms with Crippen LogP contribution >= 0.6 is 15.9 Å². The molecule has 2 atom stereocenters. The van der Waals surface area contributed by atoms with E-state index in [1.54, 1.807) is 0 Å². The standard InChI is InChI=1S/C10H8BrO2Se/c11-7-3-1-6(2-4-7)10-8(14)5-9(12)13-10/h1-4,8,10H,5H2. The molecule has 0 N–H and O–H groups in total. The molecular weight excluding hydrogens is 311 g/mol. The van der Waals surface area contributed by atoms with Crippen LogP contribution in [-0.4, -0.2) is 22.0 Å². The average molecular weight is 319 g/mol. The van der Waals surface area contributed by atoms with Crippen LogP contribution in [0.25, 0.3) is 0 Å². The van der Waals surface area contributed by atoms with E-state index in [-0.39, 0.29) is 16.9 Å². The Hall–Kier alpha value is -0.311. The predicted molar refractivity (Wildman–Crippen MR) is 57.1 cm³/mol. The maximum atomic E-state index is 11.1. The second-order valence-electron chi connectivity index (χ2n) is 3.20. The fraction of sp³-hybridized carbons (Fsp3) is 0.300. The predicted octanol–water partition coefficient (Wildman–Crippen LogP) is 2.39. The van der Waals surface area contributed by atoms with Crippen LogP contribution in [-0.2, 0) is 9.53 Å². The number of halogens is 1. The van der Waals surface area contributed by atoms with Crippen LogP contribution in [0, 0.1) is 0 Å². The second-order valence-corrected chi connectivity index (χ2v) is 5.39. The molecule has 1 radical (unpaired) electrons. The van der Waals surface area contributed by atoms with E-state index in [2.05, 4.69) is 31.9 Å². The summed E-state index contributed by atoms with van der Waals surface area (Å²) in [6.45, 7) is 0. The summed E-state index contributed by atoms with van der Waals surface area (Å²) < 4.78 is 6.24. The molecule has 2 rings (SSSR count). The second kappa shape index (κ2) is 4.05. The van der Waals surface area contributed by atoms with Crippen LogP contribution in [0.1, 0.15) is 18.1 Å². The molecule has 1 aliphatic rings. The number of cyclic esters (lactones) is 1. The van der Waals surface area contributed by atoms with Gasteiger partial charge in [-0.15, -0.1) is 0 Å². The zero-order valence-corrected chi connectivity index (χ0v) is 10.6. The number of carbonyl (C=O) groups is 1. The van der Waals surface area contributed by atoms with E-state index >= 15 is 0 Å². The van der Waals surface area contributed by atoms with Crippen molar-refractivity contribution in [1.82, 2.24) is 0 Å². The summed E-state index contributed by atoms with van der Waals surface area (Å²) in [5.41, 5.74) is 1.04. The molecule has 0 amide bonds. The normalized spacial score (nSPS) is 26.3. The van der Waals surface area contributed by atoms with Crippen molar-refractivity contribution >= 4 is 37.9 Å². The molecule has 0 bridgehead atoms. The molecule has 0 aromatic heterocycles. The Balaban J connectivity index is 2.23. The Bertz CT molecular complexity index is 350. The Kier molecular flexibility index (Phi) is 2.96. The first kappa shape index (κ1) is 10.2. The molecule has 1 fully saturated rings. The van der Waals surface area contributed by atoms with Crippen molar-refractivity contribution < 1.29 is 9.53 Å². The maximum absolute atomic E-state index is 11.1. The zero-order chi connectivity index (χ0) is 10.1. The Morgan fingerprint density at radius 2 is 2.00 bits per heavy atom.